The zero-order valence-corrected chi connectivity index (χ0v) is 12.5. The number of nitrogens with one attached hydrogen (secondary N) is 1. The van der Waals surface area contributed by atoms with Crippen molar-refractivity contribution in [3.63, 3.8) is 0 Å². The van der Waals surface area contributed by atoms with Crippen molar-refractivity contribution in [1.82, 2.24) is 14.9 Å². The second-order valence-corrected chi connectivity index (χ2v) is 6.44. The summed E-state index contributed by atoms with van der Waals surface area (Å²) in [6.45, 7) is 4.21. The summed E-state index contributed by atoms with van der Waals surface area (Å²) >= 11 is 5.79. The SMILES string of the molecule is Clc1cnc(NC2=NCCC3(CN4CCC3CC4)O2)nc1. The Labute approximate surface area is 128 Å². The standard InChI is InChI=1S/C14H18ClN5O/c15-11-7-17-12(18-8-11)19-13-16-4-3-14(21-13)9-20-5-1-10(14)2-6-20/h7-8,10H,1-6,9H2,(H,16,17,18,19). The predicted molar refractivity (Wildman–Crippen MR) is 80.6 cm³/mol. The molecule has 7 heteroatoms. The average Bonchev–Trinajstić information content (AvgIpc) is 2.51. The van der Waals surface area contributed by atoms with Crippen molar-refractivity contribution in [2.75, 3.05) is 31.5 Å². The Bertz CT molecular complexity index is 555. The van der Waals surface area contributed by atoms with Gasteiger partial charge in [-0.1, -0.05) is 11.6 Å². The summed E-state index contributed by atoms with van der Waals surface area (Å²) in [5.41, 5.74) is -0.0764. The molecule has 4 aliphatic rings. The molecule has 0 aliphatic carbocycles. The fourth-order valence-corrected chi connectivity index (χ4v) is 3.78. The van der Waals surface area contributed by atoms with E-state index in [1.165, 1.54) is 25.9 Å². The van der Waals surface area contributed by atoms with Crippen LogP contribution in [0.4, 0.5) is 5.95 Å². The molecule has 0 radical (unpaired) electrons. The lowest BCUT2D eigenvalue weighted by Crippen LogP contribution is -2.62. The average molecular weight is 308 g/mol. The summed E-state index contributed by atoms with van der Waals surface area (Å²) in [5, 5.41) is 3.58. The van der Waals surface area contributed by atoms with Gasteiger partial charge in [-0.15, -0.1) is 0 Å². The molecule has 3 fully saturated rings. The third-order valence-electron chi connectivity index (χ3n) is 4.75. The lowest BCUT2D eigenvalue weighted by molar-refractivity contribution is -0.109. The van der Waals surface area contributed by atoms with Crippen LogP contribution in [0.1, 0.15) is 19.3 Å². The Morgan fingerprint density at radius 3 is 2.71 bits per heavy atom. The molecule has 2 bridgehead atoms. The molecule has 1 atom stereocenters. The molecular weight excluding hydrogens is 290 g/mol. The number of piperidine rings is 3. The molecular formula is C14H18ClN5O. The van der Waals surface area contributed by atoms with Crippen molar-refractivity contribution in [2.24, 2.45) is 10.9 Å². The van der Waals surface area contributed by atoms with Crippen LogP contribution < -0.4 is 5.32 Å². The van der Waals surface area contributed by atoms with Crippen molar-refractivity contribution in [1.29, 1.82) is 0 Å². The maximum atomic E-state index is 6.27. The van der Waals surface area contributed by atoms with Crippen molar-refractivity contribution >= 4 is 23.6 Å². The number of aliphatic imine (C=N–C) groups is 1. The van der Waals surface area contributed by atoms with Crippen LogP contribution in [0.5, 0.6) is 0 Å². The highest BCUT2D eigenvalue weighted by Crippen LogP contribution is 2.41. The number of rotatable bonds is 1. The highest BCUT2D eigenvalue weighted by atomic mass is 35.5. The fraction of sp³-hybridized carbons (Fsp3) is 0.643. The van der Waals surface area contributed by atoms with Gasteiger partial charge in [0.25, 0.3) is 6.02 Å². The van der Waals surface area contributed by atoms with E-state index in [9.17, 15) is 0 Å². The Morgan fingerprint density at radius 2 is 2.05 bits per heavy atom. The molecule has 6 nitrogen and oxygen atoms in total. The minimum absolute atomic E-state index is 0.0764. The quantitative estimate of drug-likeness (QED) is 0.857. The van der Waals surface area contributed by atoms with E-state index < -0.39 is 0 Å². The van der Waals surface area contributed by atoms with Crippen LogP contribution in [0.2, 0.25) is 5.02 Å². The molecule has 0 amide bonds. The molecule has 5 heterocycles. The number of hydrogen-bond acceptors (Lipinski definition) is 6. The van der Waals surface area contributed by atoms with Crippen LogP contribution in [-0.2, 0) is 4.74 Å². The summed E-state index contributed by atoms with van der Waals surface area (Å²) < 4.78 is 6.27. The van der Waals surface area contributed by atoms with Gasteiger partial charge < -0.3 is 4.74 Å². The normalized spacial score (nSPS) is 34.4. The van der Waals surface area contributed by atoms with Gasteiger partial charge >= 0.3 is 0 Å². The maximum Gasteiger partial charge on any atom is 0.292 e. The van der Waals surface area contributed by atoms with E-state index in [2.05, 4.69) is 25.2 Å². The summed E-state index contributed by atoms with van der Waals surface area (Å²) in [6.07, 6.45) is 6.57. The van der Waals surface area contributed by atoms with Gasteiger partial charge in [0.1, 0.15) is 5.60 Å². The third kappa shape index (κ3) is 2.46. The molecule has 1 spiro atoms. The highest BCUT2D eigenvalue weighted by molar-refractivity contribution is 6.30. The maximum absolute atomic E-state index is 6.27. The van der Waals surface area contributed by atoms with Crippen molar-refractivity contribution in [2.45, 2.75) is 24.9 Å². The van der Waals surface area contributed by atoms with Gasteiger partial charge in [0, 0.05) is 25.4 Å². The van der Waals surface area contributed by atoms with Gasteiger partial charge in [-0.05, 0) is 25.9 Å². The van der Waals surface area contributed by atoms with Gasteiger partial charge in [-0.3, -0.25) is 10.2 Å². The monoisotopic (exact) mass is 307 g/mol. The molecule has 3 saturated heterocycles. The fourth-order valence-electron chi connectivity index (χ4n) is 3.68. The largest absolute Gasteiger partial charge is 0.457 e. The molecule has 5 rings (SSSR count). The van der Waals surface area contributed by atoms with E-state index in [1.807, 2.05) is 0 Å². The Hall–Kier alpha value is -1.40. The molecule has 1 aromatic rings. The Kier molecular flexibility index (Phi) is 3.23. The smallest absolute Gasteiger partial charge is 0.292 e. The van der Waals surface area contributed by atoms with Gasteiger partial charge in [-0.25, -0.2) is 15.0 Å². The van der Waals surface area contributed by atoms with E-state index in [0.717, 1.165) is 19.5 Å². The minimum atomic E-state index is -0.0764. The van der Waals surface area contributed by atoms with E-state index in [1.54, 1.807) is 12.4 Å². The van der Waals surface area contributed by atoms with Crippen LogP contribution in [-0.4, -0.2) is 52.7 Å². The van der Waals surface area contributed by atoms with Gasteiger partial charge in [0.05, 0.1) is 17.4 Å². The van der Waals surface area contributed by atoms with Crippen molar-refractivity contribution in [3.05, 3.63) is 17.4 Å². The summed E-state index contributed by atoms with van der Waals surface area (Å²) in [4.78, 5) is 15.2. The van der Waals surface area contributed by atoms with E-state index in [4.69, 9.17) is 16.3 Å². The van der Waals surface area contributed by atoms with Crippen LogP contribution in [0.3, 0.4) is 0 Å². The Morgan fingerprint density at radius 1 is 1.29 bits per heavy atom. The van der Waals surface area contributed by atoms with Gasteiger partial charge in [-0.2, -0.15) is 0 Å². The van der Waals surface area contributed by atoms with E-state index in [-0.39, 0.29) is 5.60 Å². The number of aromatic nitrogens is 2. The van der Waals surface area contributed by atoms with Gasteiger partial charge in [0.2, 0.25) is 5.95 Å². The first-order chi connectivity index (χ1) is 10.2. The van der Waals surface area contributed by atoms with Crippen molar-refractivity contribution in [3.8, 4) is 0 Å². The van der Waals surface area contributed by atoms with Crippen LogP contribution in [0.25, 0.3) is 0 Å². The summed E-state index contributed by atoms with van der Waals surface area (Å²) in [6, 6.07) is 0.539. The first-order valence-electron chi connectivity index (χ1n) is 7.44. The first kappa shape index (κ1) is 13.3. The molecule has 1 unspecified atom stereocenters. The molecule has 112 valence electrons. The lowest BCUT2D eigenvalue weighted by Gasteiger charge is -2.53. The van der Waals surface area contributed by atoms with Crippen LogP contribution in [0.15, 0.2) is 17.4 Å². The zero-order valence-electron chi connectivity index (χ0n) is 11.8. The molecule has 21 heavy (non-hydrogen) atoms. The number of ether oxygens (including phenoxy) is 1. The third-order valence-corrected chi connectivity index (χ3v) is 4.95. The molecule has 1 aromatic heterocycles. The lowest BCUT2D eigenvalue weighted by atomic mass is 9.73. The molecule has 0 aromatic carbocycles. The molecule has 1 N–H and O–H groups in total. The molecule has 4 aliphatic heterocycles. The number of halogens is 1. The van der Waals surface area contributed by atoms with Gasteiger partial charge in [0.15, 0.2) is 0 Å². The second kappa shape index (κ2) is 5.10. The number of fused-ring (bicyclic) bond motifs is 2. The van der Waals surface area contributed by atoms with Crippen LogP contribution in [0, 0.1) is 5.92 Å². The van der Waals surface area contributed by atoms with E-state index >= 15 is 0 Å². The first-order valence-corrected chi connectivity index (χ1v) is 7.82. The summed E-state index contributed by atoms with van der Waals surface area (Å²) in [7, 11) is 0. The minimum Gasteiger partial charge on any atom is -0.457 e. The number of nitrogens with zero attached hydrogens (tertiary/aromatic N) is 4. The summed E-state index contributed by atoms with van der Waals surface area (Å²) in [5.74, 6) is 1.11. The molecule has 0 saturated carbocycles. The van der Waals surface area contributed by atoms with E-state index in [0.29, 0.717) is 22.9 Å². The topological polar surface area (TPSA) is 62.6 Å². The van der Waals surface area contributed by atoms with Crippen LogP contribution >= 0.6 is 11.6 Å². The number of hydrogen-bond donors (Lipinski definition) is 1. The number of anilines is 1. The second-order valence-electron chi connectivity index (χ2n) is 6.00. The zero-order chi connectivity index (χ0) is 14.3. The predicted octanol–water partition coefficient (Wildman–Crippen LogP) is 1.78. The number of amidine groups is 1. The van der Waals surface area contributed by atoms with Crippen molar-refractivity contribution < 1.29 is 4.74 Å². The highest BCUT2D eigenvalue weighted by Gasteiger charge is 2.50. The Balaban J connectivity index is 1.50.